The standard InChI is InChI=1S/C30H41NO5S2/c1-3-5-8-11-28-30(27-17-16-26(23-29(27)37-28)36-38(32,33)22-6-4-2)35-25-14-12-24(13-15-25)34-21-20-31-18-9-7-10-19-31/h12-17,23H,3-11,18-22H2,1-2H3. The third-order valence-electron chi connectivity index (χ3n) is 6.83. The van der Waals surface area contributed by atoms with E-state index in [2.05, 4.69) is 11.8 Å². The van der Waals surface area contributed by atoms with Gasteiger partial charge >= 0.3 is 10.1 Å². The van der Waals surface area contributed by atoms with Gasteiger partial charge in [0.05, 0.1) is 5.75 Å². The molecule has 0 amide bonds. The predicted octanol–water partition coefficient (Wildman–Crippen LogP) is 7.80. The Morgan fingerprint density at radius 3 is 2.32 bits per heavy atom. The lowest BCUT2D eigenvalue weighted by Crippen LogP contribution is -2.33. The maximum absolute atomic E-state index is 12.3. The molecule has 1 fully saturated rings. The van der Waals surface area contributed by atoms with Gasteiger partial charge in [0.25, 0.3) is 0 Å². The van der Waals surface area contributed by atoms with Crippen molar-refractivity contribution in [1.82, 2.24) is 4.90 Å². The number of likely N-dealkylation sites (tertiary alicyclic amines) is 1. The molecule has 1 aromatic heterocycles. The molecule has 0 unspecified atom stereocenters. The molecule has 1 aliphatic rings. The molecule has 4 rings (SSSR count). The van der Waals surface area contributed by atoms with Crippen LogP contribution < -0.4 is 13.7 Å². The second kappa shape index (κ2) is 14.2. The number of nitrogens with zero attached hydrogens (tertiary/aromatic N) is 1. The summed E-state index contributed by atoms with van der Waals surface area (Å²) in [4.78, 5) is 3.64. The number of benzene rings is 2. The summed E-state index contributed by atoms with van der Waals surface area (Å²) in [5, 5.41) is 0.974. The molecule has 1 aliphatic heterocycles. The monoisotopic (exact) mass is 559 g/mol. The van der Waals surface area contributed by atoms with Gasteiger partial charge in [-0.3, -0.25) is 4.90 Å². The second-order valence-electron chi connectivity index (χ2n) is 9.99. The fourth-order valence-electron chi connectivity index (χ4n) is 4.67. The van der Waals surface area contributed by atoms with E-state index in [1.807, 2.05) is 43.3 Å². The molecule has 6 nitrogen and oxygen atoms in total. The Labute approximate surface area is 232 Å². The maximum atomic E-state index is 12.3. The Kier molecular flexibility index (Phi) is 10.7. The van der Waals surface area contributed by atoms with Crippen LogP contribution in [0.2, 0.25) is 0 Å². The molecule has 1 saturated heterocycles. The van der Waals surface area contributed by atoms with Crippen molar-refractivity contribution in [3.8, 4) is 23.0 Å². The number of thiophene rings is 1. The number of fused-ring (bicyclic) bond motifs is 1. The summed E-state index contributed by atoms with van der Waals surface area (Å²) in [6, 6.07) is 13.3. The normalized spacial score (nSPS) is 14.6. The fraction of sp³-hybridized carbons (Fsp3) is 0.533. The van der Waals surface area contributed by atoms with Crippen LogP contribution in [0.25, 0.3) is 10.1 Å². The molecule has 38 heavy (non-hydrogen) atoms. The van der Waals surface area contributed by atoms with Crippen LogP contribution in [-0.2, 0) is 16.5 Å². The zero-order chi connectivity index (χ0) is 26.8. The Morgan fingerprint density at radius 2 is 1.58 bits per heavy atom. The lowest BCUT2D eigenvalue weighted by atomic mass is 10.1. The Morgan fingerprint density at radius 1 is 0.868 bits per heavy atom. The molecule has 0 spiro atoms. The quantitative estimate of drug-likeness (QED) is 0.140. The van der Waals surface area contributed by atoms with E-state index in [0.29, 0.717) is 18.8 Å². The van der Waals surface area contributed by atoms with Gasteiger partial charge in [0.2, 0.25) is 0 Å². The van der Waals surface area contributed by atoms with Crippen LogP contribution in [0.4, 0.5) is 0 Å². The van der Waals surface area contributed by atoms with Gasteiger partial charge in [0.1, 0.15) is 29.6 Å². The summed E-state index contributed by atoms with van der Waals surface area (Å²) in [5.41, 5.74) is 0. The highest BCUT2D eigenvalue weighted by Crippen LogP contribution is 2.43. The highest BCUT2D eigenvalue weighted by atomic mass is 32.2. The highest BCUT2D eigenvalue weighted by Gasteiger charge is 2.18. The lowest BCUT2D eigenvalue weighted by molar-refractivity contribution is 0.183. The molecule has 0 N–H and O–H groups in total. The van der Waals surface area contributed by atoms with E-state index >= 15 is 0 Å². The van der Waals surface area contributed by atoms with E-state index < -0.39 is 10.1 Å². The van der Waals surface area contributed by atoms with Crippen molar-refractivity contribution >= 4 is 31.5 Å². The van der Waals surface area contributed by atoms with Crippen molar-refractivity contribution in [2.75, 3.05) is 32.0 Å². The van der Waals surface area contributed by atoms with Gasteiger partial charge in [-0.2, -0.15) is 8.42 Å². The summed E-state index contributed by atoms with van der Waals surface area (Å²) < 4.78 is 43.4. The molecule has 0 radical (unpaired) electrons. The molecule has 0 bridgehead atoms. The van der Waals surface area contributed by atoms with Crippen molar-refractivity contribution in [3.05, 3.63) is 47.3 Å². The summed E-state index contributed by atoms with van der Waals surface area (Å²) in [7, 11) is -3.59. The van der Waals surface area contributed by atoms with Crippen molar-refractivity contribution in [2.24, 2.45) is 0 Å². The molecule has 2 heterocycles. The van der Waals surface area contributed by atoms with Gasteiger partial charge in [-0.05, 0) is 87.7 Å². The number of unbranched alkanes of at least 4 members (excludes halogenated alkanes) is 3. The molecule has 0 aliphatic carbocycles. The first kappa shape index (κ1) is 28.7. The SMILES string of the molecule is CCCCCc1sc2cc(OS(=O)(=O)CCCC)ccc2c1Oc1ccc(OCCN2CCCCC2)cc1. The van der Waals surface area contributed by atoms with Crippen LogP contribution >= 0.6 is 11.3 Å². The molecular formula is C30H41NO5S2. The Hall–Kier alpha value is -2.29. The van der Waals surface area contributed by atoms with E-state index in [-0.39, 0.29) is 5.75 Å². The van der Waals surface area contributed by atoms with Gasteiger partial charge in [-0.25, -0.2) is 0 Å². The predicted molar refractivity (Wildman–Crippen MR) is 157 cm³/mol. The van der Waals surface area contributed by atoms with Crippen molar-refractivity contribution in [3.63, 3.8) is 0 Å². The Bertz CT molecular complexity index is 1250. The minimum Gasteiger partial charge on any atom is -0.492 e. The van der Waals surface area contributed by atoms with Crippen LogP contribution in [-0.4, -0.2) is 45.3 Å². The molecule has 2 aromatic carbocycles. The smallest absolute Gasteiger partial charge is 0.309 e. The van der Waals surface area contributed by atoms with Crippen molar-refractivity contribution in [2.45, 2.75) is 71.6 Å². The summed E-state index contributed by atoms with van der Waals surface area (Å²) in [5.74, 6) is 2.83. The topological polar surface area (TPSA) is 65.1 Å². The minimum absolute atomic E-state index is 0.0283. The van der Waals surface area contributed by atoms with E-state index in [1.165, 1.54) is 37.2 Å². The third kappa shape index (κ3) is 8.35. The molecular weight excluding hydrogens is 518 g/mol. The summed E-state index contributed by atoms with van der Waals surface area (Å²) in [6.07, 6.45) is 9.62. The first-order valence-electron chi connectivity index (χ1n) is 14.1. The van der Waals surface area contributed by atoms with Gasteiger partial charge in [0.15, 0.2) is 0 Å². The number of rotatable bonds is 15. The zero-order valence-electron chi connectivity index (χ0n) is 22.7. The van der Waals surface area contributed by atoms with Gasteiger partial charge in [-0.1, -0.05) is 39.5 Å². The fourth-order valence-corrected chi connectivity index (χ4v) is 7.00. The van der Waals surface area contributed by atoms with Crippen LogP contribution in [0.15, 0.2) is 42.5 Å². The van der Waals surface area contributed by atoms with Crippen molar-refractivity contribution < 1.29 is 22.1 Å². The van der Waals surface area contributed by atoms with Crippen LogP contribution in [0.1, 0.15) is 70.1 Å². The van der Waals surface area contributed by atoms with E-state index in [9.17, 15) is 8.42 Å². The first-order valence-corrected chi connectivity index (χ1v) is 16.5. The Balaban J connectivity index is 1.46. The second-order valence-corrected chi connectivity index (χ2v) is 12.8. The maximum Gasteiger partial charge on any atom is 0.309 e. The van der Waals surface area contributed by atoms with Gasteiger partial charge in [-0.15, -0.1) is 11.3 Å². The molecule has 8 heteroatoms. The average Bonchev–Trinajstić information content (AvgIpc) is 3.25. The molecule has 3 aromatic rings. The molecule has 208 valence electrons. The highest BCUT2D eigenvalue weighted by molar-refractivity contribution is 7.87. The summed E-state index contributed by atoms with van der Waals surface area (Å²) in [6.45, 7) is 8.16. The number of hydrogen-bond acceptors (Lipinski definition) is 7. The van der Waals surface area contributed by atoms with Crippen LogP contribution in [0.3, 0.4) is 0 Å². The first-order chi connectivity index (χ1) is 18.5. The largest absolute Gasteiger partial charge is 0.492 e. The number of ether oxygens (including phenoxy) is 2. The van der Waals surface area contributed by atoms with Gasteiger partial charge < -0.3 is 13.7 Å². The third-order valence-corrected chi connectivity index (χ3v) is 9.26. The van der Waals surface area contributed by atoms with E-state index in [4.69, 9.17) is 13.7 Å². The molecule has 0 saturated carbocycles. The van der Waals surface area contributed by atoms with E-state index in [0.717, 1.165) is 66.0 Å². The lowest BCUT2D eigenvalue weighted by Gasteiger charge is -2.26. The van der Waals surface area contributed by atoms with Crippen molar-refractivity contribution in [1.29, 1.82) is 0 Å². The number of piperidine rings is 1. The van der Waals surface area contributed by atoms with E-state index in [1.54, 1.807) is 17.4 Å². The average molecular weight is 560 g/mol. The minimum atomic E-state index is -3.59. The number of aryl methyl sites for hydroxylation is 1. The molecule has 0 atom stereocenters. The zero-order valence-corrected chi connectivity index (χ0v) is 24.4. The van der Waals surface area contributed by atoms with Crippen LogP contribution in [0, 0.1) is 0 Å². The van der Waals surface area contributed by atoms with Gasteiger partial charge in [0, 0.05) is 21.5 Å². The number of hydrogen-bond donors (Lipinski definition) is 0. The van der Waals surface area contributed by atoms with Crippen LogP contribution in [0.5, 0.6) is 23.0 Å². The summed E-state index contributed by atoms with van der Waals surface area (Å²) >= 11 is 1.65.